The minimum absolute atomic E-state index is 0.134. The van der Waals surface area contributed by atoms with Crippen molar-refractivity contribution in [3.8, 4) is 17.2 Å². The summed E-state index contributed by atoms with van der Waals surface area (Å²) in [5.74, 6) is 1.68. The molecular weight excluding hydrogens is 440 g/mol. The lowest BCUT2D eigenvalue weighted by Gasteiger charge is -2.21. The van der Waals surface area contributed by atoms with Gasteiger partial charge in [-0.1, -0.05) is 30.3 Å². The first kappa shape index (κ1) is 24.3. The molecule has 0 heterocycles. The molecule has 0 spiro atoms. The number of hydrogen-bond donors (Lipinski definition) is 1. The van der Waals surface area contributed by atoms with Crippen LogP contribution in [0, 0.1) is 0 Å². The minimum Gasteiger partial charge on any atom is -0.484 e. The second-order valence-electron chi connectivity index (χ2n) is 7.71. The average molecular weight is 469 g/mol. The maximum absolute atomic E-state index is 12.5. The van der Waals surface area contributed by atoms with Crippen molar-refractivity contribution < 1.29 is 22.7 Å². The van der Waals surface area contributed by atoms with Gasteiger partial charge in [-0.15, -0.1) is 0 Å². The Labute approximate surface area is 195 Å². The van der Waals surface area contributed by atoms with Crippen molar-refractivity contribution in [2.75, 3.05) is 13.7 Å². The Morgan fingerprint density at radius 2 is 1.45 bits per heavy atom. The minimum atomic E-state index is -3.53. The molecule has 3 aromatic rings. The van der Waals surface area contributed by atoms with Crippen LogP contribution in [0.25, 0.3) is 0 Å². The molecule has 0 radical (unpaired) electrons. The summed E-state index contributed by atoms with van der Waals surface area (Å²) in [6.45, 7) is 3.77. The lowest BCUT2D eigenvalue weighted by Crippen LogP contribution is -2.33. The van der Waals surface area contributed by atoms with Crippen LogP contribution in [0.3, 0.4) is 0 Å². The summed E-state index contributed by atoms with van der Waals surface area (Å²) in [5.41, 5.74) is 0.789. The highest BCUT2D eigenvalue weighted by atomic mass is 32.2. The largest absolute Gasteiger partial charge is 0.484 e. The van der Waals surface area contributed by atoms with E-state index in [4.69, 9.17) is 9.47 Å². The summed E-state index contributed by atoms with van der Waals surface area (Å²) >= 11 is 0. The van der Waals surface area contributed by atoms with E-state index in [0.29, 0.717) is 11.5 Å². The van der Waals surface area contributed by atoms with Gasteiger partial charge in [0, 0.05) is 19.6 Å². The normalized spacial score (nSPS) is 11.4. The molecule has 33 heavy (non-hydrogen) atoms. The highest BCUT2D eigenvalue weighted by Gasteiger charge is 2.22. The van der Waals surface area contributed by atoms with Crippen LogP contribution in [0.2, 0.25) is 0 Å². The Hall–Kier alpha value is -3.36. The average Bonchev–Trinajstić information content (AvgIpc) is 2.82. The van der Waals surface area contributed by atoms with Crippen molar-refractivity contribution >= 4 is 15.9 Å². The Morgan fingerprint density at radius 1 is 0.879 bits per heavy atom. The van der Waals surface area contributed by atoms with Crippen LogP contribution in [-0.4, -0.2) is 38.3 Å². The molecule has 0 unspecified atom stereocenters. The number of carbonyl (C=O) groups is 1. The molecule has 0 aliphatic heterocycles. The van der Waals surface area contributed by atoms with Gasteiger partial charge in [-0.2, -0.15) is 4.31 Å². The predicted octanol–water partition coefficient (Wildman–Crippen LogP) is 4.20. The molecule has 0 saturated carbocycles. The molecule has 1 amide bonds. The van der Waals surface area contributed by atoms with E-state index in [1.807, 2.05) is 44.2 Å². The zero-order valence-electron chi connectivity index (χ0n) is 18.9. The molecule has 0 saturated heterocycles. The van der Waals surface area contributed by atoms with Crippen LogP contribution in [0.1, 0.15) is 19.4 Å². The van der Waals surface area contributed by atoms with E-state index >= 15 is 0 Å². The third-order valence-electron chi connectivity index (χ3n) is 4.99. The molecule has 3 rings (SSSR count). The molecule has 7 nitrogen and oxygen atoms in total. The Balaban J connectivity index is 1.46. The summed E-state index contributed by atoms with van der Waals surface area (Å²) in [5, 5.41) is 2.76. The van der Waals surface area contributed by atoms with Crippen LogP contribution >= 0.6 is 0 Å². The summed E-state index contributed by atoms with van der Waals surface area (Å²) in [6, 6.07) is 22.8. The summed E-state index contributed by atoms with van der Waals surface area (Å²) in [7, 11) is -1.98. The first-order valence-electron chi connectivity index (χ1n) is 10.5. The standard InChI is InChI=1S/C25H28N2O5S/c1-19(2)27(3)33(29,30)24-15-9-20(10-16-24)17-26-25(28)18-31-21-11-13-23(14-12-21)32-22-7-5-4-6-8-22/h4-16,19H,17-18H2,1-3H3,(H,26,28). The van der Waals surface area contributed by atoms with Gasteiger partial charge in [-0.3, -0.25) is 4.79 Å². The monoisotopic (exact) mass is 468 g/mol. The van der Waals surface area contributed by atoms with E-state index in [9.17, 15) is 13.2 Å². The van der Waals surface area contributed by atoms with Gasteiger partial charge in [0.2, 0.25) is 10.0 Å². The van der Waals surface area contributed by atoms with Gasteiger partial charge in [0.05, 0.1) is 4.90 Å². The van der Waals surface area contributed by atoms with Crippen molar-refractivity contribution in [3.63, 3.8) is 0 Å². The highest BCUT2D eigenvalue weighted by Crippen LogP contribution is 2.23. The lowest BCUT2D eigenvalue weighted by molar-refractivity contribution is -0.123. The van der Waals surface area contributed by atoms with E-state index in [1.165, 1.54) is 4.31 Å². The Morgan fingerprint density at radius 3 is 2.06 bits per heavy atom. The topological polar surface area (TPSA) is 84.9 Å². The first-order valence-corrected chi connectivity index (χ1v) is 12.0. The molecule has 0 bridgehead atoms. The second kappa shape index (κ2) is 11.0. The molecule has 0 atom stereocenters. The van der Waals surface area contributed by atoms with Crippen LogP contribution in [-0.2, 0) is 21.4 Å². The molecule has 3 aromatic carbocycles. The number of sulfonamides is 1. The van der Waals surface area contributed by atoms with Gasteiger partial charge in [0.25, 0.3) is 5.91 Å². The van der Waals surface area contributed by atoms with Gasteiger partial charge in [-0.25, -0.2) is 8.42 Å². The van der Waals surface area contributed by atoms with Crippen molar-refractivity contribution in [3.05, 3.63) is 84.4 Å². The van der Waals surface area contributed by atoms with Gasteiger partial charge in [0.1, 0.15) is 17.2 Å². The fraction of sp³-hybridized carbons (Fsp3) is 0.240. The first-order chi connectivity index (χ1) is 15.8. The Bertz CT molecular complexity index is 1150. The number of nitrogens with zero attached hydrogens (tertiary/aromatic N) is 1. The van der Waals surface area contributed by atoms with Crippen molar-refractivity contribution in [1.29, 1.82) is 0 Å². The van der Waals surface area contributed by atoms with Crippen molar-refractivity contribution in [2.24, 2.45) is 0 Å². The number of nitrogens with one attached hydrogen (secondary N) is 1. The summed E-state index contributed by atoms with van der Waals surface area (Å²) in [6.07, 6.45) is 0. The van der Waals surface area contributed by atoms with Crippen molar-refractivity contribution in [2.45, 2.75) is 31.3 Å². The number of benzene rings is 3. The number of ether oxygens (including phenoxy) is 2. The van der Waals surface area contributed by atoms with E-state index in [0.717, 1.165) is 11.3 Å². The fourth-order valence-corrected chi connectivity index (χ4v) is 4.22. The highest BCUT2D eigenvalue weighted by molar-refractivity contribution is 7.89. The molecule has 1 N–H and O–H groups in total. The van der Waals surface area contributed by atoms with Gasteiger partial charge in [-0.05, 0) is 67.9 Å². The van der Waals surface area contributed by atoms with E-state index in [-0.39, 0.29) is 30.0 Å². The maximum atomic E-state index is 12.5. The molecule has 0 aromatic heterocycles. The van der Waals surface area contributed by atoms with Gasteiger partial charge < -0.3 is 14.8 Å². The lowest BCUT2D eigenvalue weighted by atomic mass is 10.2. The predicted molar refractivity (Wildman–Crippen MR) is 127 cm³/mol. The van der Waals surface area contributed by atoms with Gasteiger partial charge >= 0.3 is 0 Å². The summed E-state index contributed by atoms with van der Waals surface area (Å²) in [4.78, 5) is 12.3. The van der Waals surface area contributed by atoms with Gasteiger partial charge in [0.15, 0.2) is 6.61 Å². The number of hydrogen-bond acceptors (Lipinski definition) is 5. The van der Waals surface area contributed by atoms with Crippen LogP contribution in [0.5, 0.6) is 17.2 Å². The van der Waals surface area contributed by atoms with E-state index in [2.05, 4.69) is 5.32 Å². The molecule has 8 heteroatoms. The van der Waals surface area contributed by atoms with Crippen LogP contribution in [0.4, 0.5) is 0 Å². The number of carbonyl (C=O) groups excluding carboxylic acids is 1. The SMILES string of the molecule is CC(C)N(C)S(=O)(=O)c1ccc(CNC(=O)COc2ccc(Oc3ccccc3)cc2)cc1. The van der Waals surface area contributed by atoms with Crippen LogP contribution in [0.15, 0.2) is 83.8 Å². The molecule has 0 aliphatic carbocycles. The Kier molecular flexibility index (Phi) is 8.08. The fourth-order valence-electron chi connectivity index (χ4n) is 2.85. The maximum Gasteiger partial charge on any atom is 0.258 e. The number of para-hydroxylation sites is 1. The third-order valence-corrected chi connectivity index (χ3v) is 7.04. The number of rotatable bonds is 10. The molecule has 174 valence electrons. The second-order valence-corrected chi connectivity index (χ2v) is 9.71. The smallest absolute Gasteiger partial charge is 0.258 e. The van der Waals surface area contributed by atoms with Crippen LogP contribution < -0.4 is 14.8 Å². The van der Waals surface area contributed by atoms with Crippen molar-refractivity contribution in [1.82, 2.24) is 9.62 Å². The quantitative estimate of drug-likeness (QED) is 0.482. The molecule has 0 fully saturated rings. The summed E-state index contributed by atoms with van der Waals surface area (Å²) < 4.78 is 37.6. The number of amides is 1. The van der Waals surface area contributed by atoms with E-state index < -0.39 is 10.0 Å². The zero-order valence-corrected chi connectivity index (χ0v) is 19.7. The van der Waals surface area contributed by atoms with E-state index in [1.54, 1.807) is 55.6 Å². The molecule has 0 aliphatic rings. The zero-order chi connectivity index (χ0) is 23.8. The third kappa shape index (κ3) is 6.81. The molecular formula is C25H28N2O5S.